The van der Waals surface area contributed by atoms with Gasteiger partial charge in [-0.05, 0) is 107 Å². The number of carbonyl (C=O) groups excluding carboxylic acids is 5. The Morgan fingerprint density at radius 2 is 1.46 bits per heavy atom. The summed E-state index contributed by atoms with van der Waals surface area (Å²) in [7, 11) is -2.66. The summed E-state index contributed by atoms with van der Waals surface area (Å²) in [6.45, 7) is 10.1. The minimum absolute atomic E-state index is 0.0120. The molecule has 6 rings (SSSR count). The fourth-order valence-corrected chi connectivity index (χ4v) is 8.75. The van der Waals surface area contributed by atoms with E-state index in [1.54, 1.807) is 77.2 Å². The highest BCUT2D eigenvalue weighted by Crippen LogP contribution is 2.62. The molecule has 364 valence electrons. The number of fused-ring (bicyclic) bond motifs is 8. The van der Waals surface area contributed by atoms with Crippen LogP contribution in [0.3, 0.4) is 0 Å². The third kappa shape index (κ3) is 11.3. The topological polar surface area (TPSA) is 193 Å². The van der Waals surface area contributed by atoms with Crippen molar-refractivity contribution in [3.63, 3.8) is 0 Å². The number of esters is 3. The summed E-state index contributed by atoms with van der Waals surface area (Å²) in [5.74, 6) is -4.42. The van der Waals surface area contributed by atoms with E-state index in [4.69, 9.17) is 40.2 Å². The molecule has 2 heterocycles. The molecule has 1 spiro atoms. The van der Waals surface area contributed by atoms with Crippen LogP contribution in [0.4, 0.5) is 13.2 Å². The zero-order valence-electron chi connectivity index (χ0n) is 38.6. The minimum Gasteiger partial charge on any atom is -0.455 e. The van der Waals surface area contributed by atoms with E-state index in [-0.39, 0.29) is 112 Å². The summed E-state index contributed by atoms with van der Waals surface area (Å²) in [6, 6.07) is 14.3. The Hall–Kier alpha value is -5.61. The molecule has 14 nitrogen and oxygen atoms in total. The van der Waals surface area contributed by atoms with Crippen molar-refractivity contribution in [2.75, 3.05) is 26.3 Å². The van der Waals surface area contributed by atoms with Gasteiger partial charge in [-0.1, -0.05) is 48.7 Å². The molecule has 2 atom stereocenters. The molecule has 0 aromatic heterocycles. The number of unbranched alkanes of at least 4 members (excludes halogenated alkanes) is 4. The molecule has 0 fully saturated rings. The smallest absolute Gasteiger partial charge is 0.455 e. The lowest BCUT2D eigenvalue weighted by molar-refractivity contribution is -0.173. The van der Waals surface area contributed by atoms with Crippen LogP contribution >= 0.6 is 19.6 Å². The van der Waals surface area contributed by atoms with Gasteiger partial charge in [0, 0.05) is 54.8 Å². The van der Waals surface area contributed by atoms with Gasteiger partial charge in [0.15, 0.2) is 17.1 Å². The van der Waals surface area contributed by atoms with E-state index in [2.05, 4.69) is 5.32 Å². The second-order valence-corrected chi connectivity index (χ2v) is 20.2. The molecular weight excluding hydrogens is 932 g/mol. The molecule has 0 saturated carbocycles. The van der Waals surface area contributed by atoms with Gasteiger partial charge in [0.25, 0.3) is 0 Å². The fourth-order valence-electron chi connectivity index (χ4n) is 7.57. The number of carbonyl (C=O) groups is 5. The van der Waals surface area contributed by atoms with Crippen molar-refractivity contribution in [1.82, 2.24) is 10.6 Å². The normalized spacial score (nSPS) is 15.5. The average Bonchev–Trinajstić information content (AvgIpc) is 3.56. The van der Waals surface area contributed by atoms with Crippen molar-refractivity contribution >= 4 is 65.4 Å². The lowest BCUT2D eigenvalue weighted by Crippen LogP contribution is -2.37. The van der Waals surface area contributed by atoms with E-state index in [0.29, 0.717) is 30.2 Å². The Morgan fingerprint density at radius 1 is 0.809 bits per heavy atom. The molecule has 0 bridgehead atoms. The van der Waals surface area contributed by atoms with Crippen LogP contribution in [0.1, 0.15) is 119 Å². The molecule has 2 aliphatic heterocycles. The molecule has 4 aromatic rings. The number of alkyl halides is 3. The third-order valence-corrected chi connectivity index (χ3v) is 12.7. The van der Waals surface area contributed by atoms with E-state index in [1.165, 1.54) is 24.3 Å². The average molecular weight is 986 g/mol. The molecule has 3 N–H and O–H groups in total. The van der Waals surface area contributed by atoms with Gasteiger partial charge in [0.1, 0.15) is 23.1 Å². The molecular formula is C49H54ClF3N2O12P+. The van der Waals surface area contributed by atoms with Crippen LogP contribution < -0.4 is 30.1 Å². The fraction of sp³-hybridized carbons (Fsp3) is 0.449. The van der Waals surface area contributed by atoms with Crippen molar-refractivity contribution in [3.05, 3.63) is 87.4 Å². The number of ether oxygens (including phenoxy) is 4. The predicted octanol–water partition coefficient (Wildman–Crippen LogP) is 9.41. The Morgan fingerprint density at radius 3 is 2.13 bits per heavy atom. The van der Waals surface area contributed by atoms with Crippen LogP contribution in [0.25, 0.3) is 10.8 Å². The summed E-state index contributed by atoms with van der Waals surface area (Å²) in [5.41, 5.74) is -2.90. The van der Waals surface area contributed by atoms with E-state index >= 15 is 0 Å². The standard InChI is InChI=1S/C49H53ClF3N2O12P/c1-46(2,3)44(60)65-35-27-36-38(31-16-10-9-15-30(31)35)48(33-26-29(18-19-32(33)42(58)67-48)68(62)63-24-14-12-22-55-43(59)49(51,52)53)34-25-28(17-20-37(57)54-21-11-7-8-13-23-56)40(39(50)41(34)64-36)66-45(61)47(4,5)6/h9-10,15-16,18-19,25-27,56H,7-8,11-14,17,20-24H2,1-6H3,(H-,54,55,57,59)/p+1. The number of hydrogen-bond acceptors (Lipinski definition) is 12. The maximum atomic E-state index is 14.3. The maximum absolute atomic E-state index is 14.3. The van der Waals surface area contributed by atoms with Crippen LogP contribution in [0.2, 0.25) is 5.02 Å². The number of nitrogens with one attached hydrogen (secondary N) is 2. The zero-order chi connectivity index (χ0) is 49.8. The number of aliphatic hydroxyl groups excluding tert-OH is 1. The van der Waals surface area contributed by atoms with E-state index in [1.807, 2.05) is 0 Å². The molecule has 2 unspecified atom stereocenters. The van der Waals surface area contributed by atoms with Crippen LogP contribution in [0.15, 0.2) is 54.6 Å². The number of halogens is 4. The Kier molecular flexibility index (Phi) is 15.9. The summed E-state index contributed by atoms with van der Waals surface area (Å²) in [6.07, 6.45) is -1.89. The molecule has 4 aromatic carbocycles. The first-order chi connectivity index (χ1) is 32.0. The Bertz CT molecular complexity index is 2640. The number of rotatable bonds is 18. The maximum Gasteiger partial charge on any atom is 0.548 e. The van der Waals surface area contributed by atoms with Crippen molar-refractivity contribution in [1.29, 1.82) is 0 Å². The van der Waals surface area contributed by atoms with E-state index < -0.39 is 54.5 Å². The number of amides is 2. The Balaban J connectivity index is 1.50. The number of benzene rings is 4. The lowest BCUT2D eigenvalue weighted by Gasteiger charge is -2.38. The van der Waals surface area contributed by atoms with Gasteiger partial charge in [-0.15, -0.1) is 4.52 Å². The van der Waals surface area contributed by atoms with Crippen LogP contribution in [-0.4, -0.2) is 67.3 Å². The van der Waals surface area contributed by atoms with Gasteiger partial charge in [-0.25, -0.2) is 4.79 Å². The number of aryl methyl sites for hydroxylation is 1. The van der Waals surface area contributed by atoms with E-state index in [0.717, 1.165) is 12.8 Å². The predicted molar refractivity (Wildman–Crippen MR) is 246 cm³/mol. The highest BCUT2D eigenvalue weighted by atomic mass is 35.5. The van der Waals surface area contributed by atoms with Crippen molar-refractivity contribution in [2.45, 2.75) is 105 Å². The van der Waals surface area contributed by atoms with Gasteiger partial charge in [0.2, 0.25) is 11.2 Å². The SMILES string of the molecule is CC(C)(C)C(=O)Oc1c(CCC(=O)NCCCCCCO)cc2c(c1Cl)Oc1cc(OC(=O)C(C)(C)C)c3ccccc3c1C21OC(=O)c2ccc([P+](=O)OCCCCNC(=O)C(F)(F)F)cc21. The Labute approximate surface area is 397 Å². The van der Waals surface area contributed by atoms with Gasteiger partial charge in [-0.3, -0.25) is 19.2 Å². The summed E-state index contributed by atoms with van der Waals surface area (Å²) in [5, 5.41) is 14.6. The molecule has 2 aliphatic rings. The summed E-state index contributed by atoms with van der Waals surface area (Å²) in [4.78, 5) is 65.7. The van der Waals surface area contributed by atoms with Crippen molar-refractivity contribution in [2.24, 2.45) is 10.8 Å². The van der Waals surface area contributed by atoms with Crippen molar-refractivity contribution in [3.8, 4) is 23.0 Å². The van der Waals surface area contributed by atoms with Crippen molar-refractivity contribution < 1.29 is 70.3 Å². The molecule has 0 saturated heterocycles. The van der Waals surface area contributed by atoms with Crippen LogP contribution in [0.5, 0.6) is 23.0 Å². The van der Waals surface area contributed by atoms with Crippen LogP contribution in [0, 0.1) is 10.8 Å². The first kappa shape index (κ1) is 51.8. The second kappa shape index (κ2) is 20.9. The van der Waals surface area contributed by atoms with Crippen LogP contribution in [-0.2, 0) is 45.0 Å². The lowest BCUT2D eigenvalue weighted by atomic mass is 9.75. The number of hydrogen-bond donors (Lipinski definition) is 3. The monoisotopic (exact) mass is 985 g/mol. The molecule has 0 radical (unpaired) electrons. The highest BCUT2D eigenvalue weighted by molar-refractivity contribution is 7.48. The first-order valence-corrected chi connectivity index (χ1v) is 23.8. The summed E-state index contributed by atoms with van der Waals surface area (Å²) < 4.78 is 82.6. The van der Waals surface area contributed by atoms with E-state index in [9.17, 15) is 41.7 Å². The molecule has 2 amide bonds. The summed E-state index contributed by atoms with van der Waals surface area (Å²) >= 11 is 7.30. The molecule has 19 heteroatoms. The highest BCUT2D eigenvalue weighted by Gasteiger charge is 2.56. The molecule has 0 aliphatic carbocycles. The second-order valence-electron chi connectivity index (χ2n) is 18.6. The van der Waals surface area contributed by atoms with Gasteiger partial charge in [-0.2, -0.15) is 13.2 Å². The minimum atomic E-state index is -5.03. The largest absolute Gasteiger partial charge is 0.548 e. The van der Waals surface area contributed by atoms with Gasteiger partial charge < -0.3 is 34.7 Å². The van der Waals surface area contributed by atoms with Gasteiger partial charge >= 0.3 is 38.0 Å². The molecule has 68 heavy (non-hydrogen) atoms. The first-order valence-electron chi connectivity index (χ1n) is 22.2. The zero-order valence-corrected chi connectivity index (χ0v) is 40.2. The van der Waals surface area contributed by atoms with Gasteiger partial charge in [0.05, 0.1) is 22.0 Å². The quantitative estimate of drug-likeness (QED) is 0.0371. The number of aliphatic hydroxyl groups is 1. The third-order valence-electron chi connectivity index (χ3n) is 11.2.